The van der Waals surface area contributed by atoms with Gasteiger partial charge in [0.2, 0.25) is 10.0 Å². The second-order valence-electron chi connectivity index (χ2n) is 4.44. The summed E-state index contributed by atoms with van der Waals surface area (Å²) in [4.78, 5) is -0.622. The molecule has 114 valence electrons. The Balaban J connectivity index is 1.86. The van der Waals surface area contributed by atoms with Gasteiger partial charge in [-0.2, -0.15) is 0 Å². The molecule has 2 aromatic heterocycles. The molecule has 0 spiro atoms. The molecule has 2 heterocycles. The zero-order chi connectivity index (χ0) is 15.7. The third kappa shape index (κ3) is 2.68. The fourth-order valence-corrected chi connectivity index (χ4v) is 2.98. The topological polar surface area (TPSA) is 76.4 Å². The first kappa shape index (κ1) is 14.5. The monoisotopic (exact) mass is 324 g/mol. The molecular formula is C13H10F2N4O2S. The van der Waals surface area contributed by atoms with Gasteiger partial charge in [0, 0.05) is 12.3 Å². The number of halogens is 2. The zero-order valence-corrected chi connectivity index (χ0v) is 11.9. The molecule has 0 atom stereocenters. The minimum atomic E-state index is -4.13. The van der Waals surface area contributed by atoms with Gasteiger partial charge in [-0.05, 0) is 24.3 Å². The highest BCUT2D eigenvalue weighted by Gasteiger charge is 2.20. The normalized spacial score (nSPS) is 11.9. The van der Waals surface area contributed by atoms with Crippen molar-refractivity contribution in [2.24, 2.45) is 0 Å². The highest BCUT2D eigenvalue weighted by atomic mass is 32.2. The van der Waals surface area contributed by atoms with E-state index in [4.69, 9.17) is 0 Å². The Morgan fingerprint density at radius 2 is 1.95 bits per heavy atom. The van der Waals surface area contributed by atoms with Crippen LogP contribution >= 0.6 is 0 Å². The summed E-state index contributed by atoms with van der Waals surface area (Å²) in [5, 5.41) is 7.74. The van der Waals surface area contributed by atoms with Crippen LogP contribution in [0, 0.1) is 11.6 Å². The predicted molar refractivity (Wildman–Crippen MR) is 73.4 cm³/mol. The van der Waals surface area contributed by atoms with Gasteiger partial charge in [0.25, 0.3) is 0 Å². The highest BCUT2D eigenvalue weighted by Crippen LogP contribution is 2.15. The van der Waals surface area contributed by atoms with Crippen molar-refractivity contribution in [1.82, 2.24) is 19.3 Å². The Kier molecular flexibility index (Phi) is 3.59. The van der Waals surface area contributed by atoms with Crippen molar-refractivity contribution in [3.8, 4) is 0 Å². The van der Waals surface area contributed by atoms with E-state index < -0.39 is 26.6 Å². The van der Waals surface area contributed by atoms with Crippen molar-refractivity contribution < 1.29 is 17.2 Å². The lowest BCUT2D eigenvalue weighted by Crippen LogP contribution is -2.25. The molecule has 3 rings (SSSR count). The zero-order valence-electron chi connectivity index (χ0n) is 11.1. The molecule has 0 radical (unpaired) electrons. The van der Waals surface area contributed by atoms with Crippen molar-refractivity contribution in [3.63, 3.8) is 0 Å². The van der Waals surface area contributed by atoms with Gasteiger partial charge < -0.3 is 0 Å². The maximum absolute atomic E-state index is 13.6. The van der Waals surface area contributed by atoms with Crippen LogP contribution in [-0.2, 0) is 16.6 Å². The van der Waals surface area contributed by atoms with Gasteiger partial charge in [-0.3, -0.25) is 4.40 Å². The number of sulfonamides is 1. The van der Waals surface area contributed by atoms with E-state index in [1.165, 1.54) is 0 Å². The SMILES string of the molecule is O=S(=O)(NCc1nnc2ccccn12)c1ccc(F)cc1F. The van der Waals surface area contributed by atoms with E-state index in [-0.39, 0.29) is 6.54 Å². The molecule has 0 aliphatic carbocycles. The van der Waals surface area contributed by atoms with Gasteiger partial charge in [0.15, 0.2) is 11.5 Å². The molecule has 1 aromatic carbocycles. The average molecular weight is 324 g/mol. The lowest BCUT2D eigenvalue weighted by Gasteiger charge is -2.07. The van der Waals surface area contributed by atoms with Gasteiger partial charge in [0.05, 0.1) is 6.54 Å². The number of fused-ring (bicyclic) bond motifs is 1. The summed E-state index contributed by atoms with van der Waals surface area (Å²) >= 11 is 0. The second-order valence-corrected chi connectivity index (χ2v) is 6.18. The first-order valence-corrected chi connectivity index (χ1v) is 7.69. The van der Waals surface area contributed by atoms with Gasteiger partial charge in [-0.25, -0.2) is 21.9 Å². The maximum atomic E-state index is 13.6. The molecular weight excluding hydrogens is 314 g/mol. The van der Waals surface area contributed by atoms with Gasteiger partial charge in [0.1, 0.15) is 16.5 Å². The fourth-order valence-electron chi connectivity index (χ4n) is 1.94. The van der Waals surface area contributed by atoms with Gasteiger partial charge in [-0.15, -0.1) is 10.2 Å². The number of nitrogens with zero attached hydrogens (tertiary/aromatic N) is 3. The van der Waals surface area contributed by atoms with Crippen LogP contribution in [0.4, 0.5) is 8.78 Å². The molecule has 0 fully saturated rings. The van der Waals surface area contributed by atoms with Crippen molar-refractivity contribution in [2.45, 2.75) is 11.4 Å². The Morgan fingerprint density at radius 3 is 2.73 bits per heavy atom. The Morgan fingerprint density at radius 1 is 1.14 bits per heavy atom. The number of hydrogen-bond acceptors (Lipinski definition) is 4. The average Bonchev–Trinajstić information content (AvgIpc) is 2.88. The Bertz CT molecular complexity index is 940. The quantitative estimate of drug-likeness (QED) is 0.789. The molecule has 0 saturated heterocycles. The standard InChI is InChI=1S/C13H10F2N4O2S/c14-9-4-5-11(10(15)7-9)22(20,21)16-8-13-18-17-12-3-1-2-6-19(12)13/h1-7,16H,8H2. The predicted octanol–water partition coefficient (Wildman–Crippen LogP) is 1.49. The molecule has 0 aliphatic rings. The number of rotatable bonds is 4. The first-order valence-electron chi connectivity index (χ1n) is 6.21. The van der Waals surface area contributed by atoms with E-state index in [0.717, 1.165) is 12.1 Å². The van der Waals surface area contributed by atoms with E-state index in [1.807, 2.05) is 0 Å². The van der Waals surface area contributed by atoms with E-state index in [9.17, 15) is 17.2 Å². The summed E-state index contributed by atoms with van der Waals surface area (Å²) < 4.78 is 54.4. The fraction of sp³-hybridized carbons (Fsp3) is 0.0769. The molecule has 22 heavy (non-hydrogen) atoms. The van der Waals surface area contributed by atoms with Crippen LogP contribution in [0.25, 0.3) is 5.65 Å². The van der Waals surface area contributed by atoms with Crippen LogP contribution in [0.2, 0.25) is 0 Å². The van der Waals surface area contributed by atoms with Crippen LogP contribution in [0.5, 0.6) is 0 Å². The van der Waals surface area contributed by atoms with Crippen LogP contribution in [0.15, 0.2) is 47.5 Å². The highest BCUT2D eigenvalue weighted by molar-refractivity contribution is 7.89. The van der Waals surface area contributed by atoms with E-state index in [2.05, 4.69) is 14.9 Å². The molecule has 0 amide bonds. The Labute approximate surface area is 124 Å². The summed E-state index contributed by atoms with van der Waals surface area (Å²) in [5.41, 5.74) is 0.560. The smallest absolute Gasteiger partial charge is 0.243 e. The molecule has 3 aromatic rings. The van der Waals surface area contributed by atoms with Crippen molar-refractivity contribution in [1.29, 1.82) is 0 Å². The second kappa shape index (κ2) is 5.43. The van der Waals surface area contributed by atoms with Crippen molar-refractivity contribution in [2.75, 3.05) is 0 Å². The number of hydrogen-bond donors (Lipinski definition) is 1. The molecule has 0 bridgehead atoms. The van der Waals surface area contributed by atoms with Crippen LogP contribution in [-0.4, -0.2) is 23.0 Å². The van der Waals surface area contributed by atoms with E-state index in [1.54, 1.807) is 28.8 Å². The molecule has 0 aliphatic heterocycles. The number of nitrogens with one attached hydrogen (secondary N) is 1. The molecule has 1 N–H and O–H groups in total. The summed E-state index contributed by atoms with van der Waals surface area (Å²) in [5.74, 6) is -1.65. The van der Waals surface area contributed by atoms with E-state index >= 15 is 0 Å². The van der Waals surface area contributed by atoms with Crippen molar-refractivity contribution >= 4 is 15.7 Å². The van der Waals surface area contributed by atoms with E-state index in [0.29, 0.717) is 17.5 Å². The largest absolute Gasteiger partial charge is 0.285 e. The van der Waals surface area contributed by atoms with Gasteiger partial charge in [-0.1, -0.05) is 6.07 Å². The van der Waals surface area contributed by atoms with Crippen LogP contribution < -0.4 is 4.72 Å². The minimum Gasteiger partial charge on any atom is -0.285 e. The summed E-state index contributed by atoms with van der Waals surface area (Å²) in [6.07, 6.45) is 1.68. The first-order chi connectivity index (χ1) is 10.5. The summed E-state index contributed by atoms with van der Waals surface area (Å²) in [6, 6.07) is 7.49. The molecule has 9 heteroatoms. The Hall–Kier alpha value is -2.39. The summed E-state index contributed by atoms with van der Waals surface area (Å²) in [7, 11) is -4.13. The lowest BCUT2D eigenvalue weighted by atomic mass is 10.3. The molecule has 0 saturated carbocycles. The van der Waals surface area contributed by atoms with Crippen molar-refractivity contribution in [3.05, 3.63) is 60.1 Å². The van der Waals surface area contributed by atoms with Gasteiger partial charge >= 0.3 is 0 Å². The third-order valence-corrected chi connectivity index (χ3v) is 4.42. The maximum Gasteiger partial charge on any atom is 0.243 e. The number of benzene rings is 1. The molecule has 6 nitrogen and oxygen atoms in total. The minimum absolute atomic E-state index is 0.176. The number of pyridine rings is 1. The number of aromatic nitrogens is 3. The summed E-state index contributed by atoms with van der Waals surface area (Å²) in [6.45, 7) is -0.176. The lowest BCUT2D eigenvalue weighted by molar-refractivity contribution is 0.542. The van der Waals surface area contributed by atoms with Crippen LogP contribution in [0.1, 0.15) is 5.82 Å². The molecule has 0 unspecified atom stereocenters. The van der Waals surface area contributed by atoms with Crippen LogP contribution in [0.3, 0.4) is 0 Å². The third-order valence-electron chi connectivity index (χ3n) is 2.99.